The van der Waals surface area contributed by atoms with E-state index in [9.17, 15) is 9.90 Å². The molecule has 1 heterocycles. The summed E-state index contributed by atoms with van der Waals surface area (Å²) in [6.45, 7) is 3.67. The molecule has 20 heavy (non-hydrogen) atoms. The van der Waals surface area contributed by atoms with Crippen molar-refractivity contribution in [1.29, 1.82) is 0 Å². The van der Waals surface area contributed by atoms with Gasteiger partial charge < -0.3 is 20.5 Å². The van der Waals surface area contributed by atoms with E-state index in [4.69, 9.17) is 10.5 Å². The third-order valence-electron chi connectivity index (χ3n) is 4.86. The lowest BCUT2D eigenvalue weighted by atomic mass is 9.77. The van der Waals surface area contributed by atoms with Crippen LogP contribution in [0.5, 0.6) is 0 Å². The van der Waals surface area contributed by atoms with Gasteiger partial charge in [0.2, 0.25) is 5.91 Å². The van der Waals surface area contributed by atoms with Crippen molar-refractivity contribution in [2.45, 2.75) is 50.7 Å². The Kier molecular flexibility index (Phi) is 5.04. The van der Waals surface area contributed by atoms with Crippen LogP contribution in [0.2, 0.25) is 0 Å². The molecule has 5 nitrogen and oxygen atoms in total. The summed E-state index contributed by atoms with van der Waals surface area (Å²) in [7, 11) is 1.80. The highest BCUT2D eigenvalue weighted by Crippen LogP contribution is 2.31. The van der Waals surface area contributed by atoms with Crippen LogP contribution in [0.4, 0.5) is 0 Å². The van der Waals surface area contributed by atoms with Crippen molar-refractivity contribution in [1.82, 2.24) is 4.90 Å². The van der Waals surface area contributed by atoms with E-state index in [1.165, 1.54) is 0 Å². The van der Waals surface area contributed by atoms with Crippen molar-refractivity contribution < 1.29 is 14.6 Å². The molecule has 1 aliphatic carbocycles. The zero-order chi connectivity index (χ0) is 14.8. The van der Waals surface area contributed by atoms with E-state index in [1.807, 2.05) is 0 Å². The first-order valence-electron chi connectivity index (χ1n) is 7.72. The third kappa shape index (κ3) is 3.71. The van der Waals surface area contributed by atoms with Gasteiger partial charge in [0.25, 0.3) is 0 Å². The van der Waals surface area contributed by atoms with E-state index in [0.717, 1.165) is 19.3 Å². The second-order valence-corrected chi connectivity index (χ2v) is 6.69. The number of rotatable bonds is 3. The normalized spacial score (nSPS) is 33.7. The zero-order valence-electron chi connectivity index (χ0n) is 12.7. The highest BCUT2D eigenvalue weighted by atomic mass is 16.5. The molecule has 1 aliphatic heterocycles. The first kappa shape index (κ1) is 15.7. The van der Waals surface area contributed by atoms with Crippen molar-refractivity contribution >= 4 is 5.91 Å². The van der Waals surface area contributed by atoms with E-state index < -0.39 is 5.60 Å². The number of aliphatic hydroxyl groups is 1. The molecule has 1 saturated carbocycles. The Morgan fingerprint density at radius 3 is 2.65 bits per heavy atom. The van der Waals surface area contributed by atoms with Crippen LogP contribution in [0.3, 0.4) is 0 Å². The predicted octanol–water partition coefficient (Wildman–Crippen LogP) is 0.750. The lowest BCUT2D eigenvalue weighted by Gasteiger charge is -2.38. The summed E-state index contributed by atoms with van der Waals surface area (Å²) < 4.78 is 5.27. The number of likely N-dealkylation sites (N-methyl/N-ethyl adjacent to an activating group) is 1. The van der Waals surface area contributed by atoms with Crippen LogP contribution in [-0.4, -0.2) is 54.4 Å². The Hall–Kier alpha value is -0.650. The molecule has 0 aromatic rings. The van der Waals surface area contributed by atoms with Crippen LogP contribution >= 0.6 is 0 Å². The minimum atomic E-state index is -0.781. The van der Waals surface area contributed by atoms with Crippen molar-refractivity contribution in [2.75, 3.05) is 26.8 Å². The maximum absolute atomic E-state index is 12.6. The number of nitrogens with two attached hydrogens (primary N) is 1. The highest BCUT2D eigenvalue weighted by Gasteiger charge is 2.36. The van der Waals surface area contributed by atoms with Crippen molar-refractivity contribution in [3.8, 4) is 0 Å². The first-order chi connectivity index (χ1) is 9.41. The fourth-order valence-corrected chi connectivity index (χ4v) is 3.52. The third-order valence-corrected chi connectivity index (χ3v) is 4.86. The molecule has 3 unspecified atom stereocenters. The second kappa shape index (κ2) is 6.41. The van der Waals surface area contributed by atoms with Gasteiger partial charge in [-0.2, -0.15) is 0 Å². The minimum absolute atomic E-state index is 0.0586. The SMILES string of the molecule is CC1CC(N)CCC1C(=O)N(C)CC1(O)CCOCC1. The minimum Gasteiger partial charge on any atom is -0.388 e. The number of carbonyl (C=O) groups is 1. The molecule has 3 N–H and O–H groups in total. The van der Waals surface area contributed by atoms with Crippen molar-refractivity contribution in [3.63, 3.8) is 0 Å². The number of hydrogen-bond acceptors (Lipinski definition) is 4. The van der Waals surface area contributed by atoms with E-state index in [1.54, 1.807) is 11.9 Å². The highest BCUT2D eigenvalue weighted by molar-refractivity contribution is 5.79. The molecule has 2 aliphatic rings. The molecule has 2 fully saturated rings. The fraction of sp³-hybridized carbons (Fsp3) is 0.933. The lowest BCUT2D eigenvalue weighted by molar-refractivity contribution is -0.143. The lowest BCUT2D eigenvalue weighted by Crippen LogP contribution is -2.50. The molecule has 0 radical (unpaired) electrons. The first-order valence-corrected chi connectivity index (χ1v) is 7.72. The fourth-order valence-electron chi connectivity index (χ4n) is 3.52. The van der Waals surface area contributed by atoms with Gasteiger partial charge in [-0.15, -0.1) is 0 Å². The van der Waals surface area contributed by atoms with Gasteiger partial charge >= 0.3 is 0 Å². The molecule has 3 atom stereocenters. The topological polar surface area (TPSA) is 75.8 Å². The predicted molar refractivity (Wildman–Crippen MR) is 77.1 cm³/mol. The summed E-state index contributed by atoms with van der Waals surface area (Å²) in [6, 6.07) is 0.235. The molecule has 1 saturated heterocycles. The number of hydrogen-bond donors (Lipinski definition) is 2. The smallest absolute Gasteiger partial charge is 0.225 e. The average Bonchev–Trinajstić information content (AvgIpc) is 2.38. The molecule has 5 heteroatoms. The summed E-state index contributed by atoms with van der Waals surface area (Å²) in [6.07, 6.45) is 3.92. The Labute approximate surface area is 121 Å². The van der Waals surface area contributed by atoms with Gasteiger partial charge in [0.05, 0.1) is 5.60 Å². The van der Waals surface area contributed by atoms with Gasteiger partial charge in [0.15, 0.2) is 0 Å². The summed E-state index contributed by atoms with van der Waals surface area (Å²) in [5.41, 5.74) is 5.17. The summed E-state index contributed by atoms with van der Waals surface area (Å²) >= 11 is 0. The second-order valence-electron chi connectivity index (χ2n) is 6.69. The Bertz CT molecular complexity index is 342. The number of ether oxygens (including phenoxy) is 1. The number of carbonyl (C=O) groups excluding carboxylic acids is 1. The number of amides is 1. The quantitative estimate of drug-likeness (QED) is 0.802. The van der Waals surface area contributed by atoms with Crippen molar-refractivity contribution in [3.05, 3.63) is 0 Å². The average molecular weight is 284 g/mol. The van der Waals surface area contributed by atoms with Gasteiger partial charge in [-0.3, -0.25) is 4.79 Å². The Balaban J connectivity index is 1.91. The maximum Gasteiger partial charge on any atom is 0.225 e. The van der Waals surface area contributed by atoms with E-state index in [0.29, 0.717) is 38.5 Å². The largest absolute Gasteiger partial charge is 0.388 e. The van der Waals surface area contributed by atoms with Crippen LogP contribution < -0.4 is 5.73 Å². The van der Waals surface area contributed by atoms with Crippen LogP contribution in [0.15, 0.2) is 0 Å². The van der Waals surface area contributed by atoms with E-state index >= 15 is 0 Å². The van der Waals surface area contributed by atoms with Crippen molar-refractivity contribution in [2.24, 2.45) is 17.6 Å². The zero-order valence-corrected chi connectivity index (χ0v) is 12.7. The summed E-state index contributed by atoms with van der Waals surface area (Å²) in [4.78, 5) is 14.3. The van der Waals surface area contributed by atoms with Crippen LogP contribution in [0, 0.1) is 11.8 Å². The van der Waals surface area contributed by atoms with Gasteiger partial charge in [0, 0.05) is 51.6 Å². The molecular formula is C15H28N2O3. The van der Waals surface area contributed by atoms with Gasteiger partial charge in [-0.25, -0.2) is 0 Å². The van der Waals surface area contributed by atoms with Crippen LogP contribution in [-0.2, 0) is 9.53 Å². The standard InChI is InChI=1S/C15H28N2O3/c1-11-9-12(16)3-4-13(11)14(18)17(2)10-15(19)5-7-20-8-6-15/h11-13,19H,3-10,16H2,1-2H3. The van der Waals surface area contributed by atoms with Gasteiger partial charge in [-0.1, -0.05) is 6.92 Å². The molecule has 1 amide bonds. The van der Waals surface area contributed by atoms with E-state index in [-0.39, 0.29) is 17.9 Å². The van der Waals surface area contributed by atoms with Crippen LogP contribution in [0.25, 0.3) is 0 Å². The molecule has 116 valence electrons. The summed E-state index contributed by atoms with van der Waals surface area (Å²) in [5, 5.41) is 10.5. The maximum atomic E-state index is 12.6. The van der Waals surface area contributed by atoms with Crippen LogP contribution in [0.1, 0.15) is 39.0 Å². The Morgan fingerprint density at radius 1 is 1.40 bits per heavy atom. The van der Waals surface area contributed by atoms with Gasteiger partial charge in [-0.05, 0) is 25.2 Å². The summed E-state index contributed by atoms with van der Waals surface area (Å²) in [5.74, 6) is 0.547. The monoisotopic (exact) mass is 284 g/mol. The molecule has 2 rings (SSSR count). The molecular weight excluding hydrogens is 256 g/mol. The van der Waals surface area contributed by atoms with E-state index in [2.05, 4.69) is 6.92 Å². The molecule has 0 bridgehead atoms. The Morgan fingerprint density at radius 2 is 2.05 bits per heavy atom. The molecule has 0 spiro atoms. The molecule has 0 aromatic heterocycles. The number of nitrogens with zero attached hydrogens (tertiary/aromatic N) is 1. The van der Waals surface area contributed by atoms with Gasteiger partial charge in [0.1, 0.15) is 0 Å². The molecule has 0 aromatic carbocycles.